The Bertz CT molecular complexity index is 1300. The van der Waals surface area contributed by atoms with Crippen molar-refractivity contribution < 1.29 is 9.22 Å². The fraction of sp³-hybridized carbons (Fsp3) is 0.519. The minimum atomic E-state index is -0.0966. The zero-order chi connectivity index (χ0) is 27.6. The predicted molar refractivity (Wildman–Crippen MR) is 154 cm³/mol. The van der Waals surface area contributed by atoms with Crippen LogP contribution in [0.3, 0.4) is 0 Å². The van der Waals surface area contributed by atoms with Crippen molar-refractivity contribution in [3.63, 3.8) is 0 Å². The molecule has 0 spiro atoms. The van der Waals surface area contributed by atoms with Crippen molar-refractivity contribution in [1.29, 1.82) is 0 Å². The number of aromatic nitrogens is 5. The van der Waals surface area contributed by atoms with Crippen LogP contribution >= 0.6 is 12.0 Å². The maximum Gasteiger partial charge on any atom is 0.183 e. The number of anilines is 1. The van der Waals surface area contributed by atoms with Gasteiger partial charge >= 0.3 is 0 Å². The number of hydrogen-bond acceptors (Lipinski definition) is 9. The van der Waals surface area contributed by atoms with Crippen molar-refractivity contribution >= 4 is 34.3 Å². The van der Waals surface area contributed by atoms with Crippen molar-refractivity contribution in [3.05, 3.63) is 41.2 Å². The third kappa shape index (κ3) is 6.00. The van der Waals surface area contributed by atoms with E-state index in [2.05, 4.69) is 55.6 Å². The fourth-order valence-electron chi connectivity index (χ4n) is 4.09. The van der Waals surface area contributed by atoms with Crippen LogP contribution in [0.5, 0.6) is 0 Å². The number of aromatic amines is 1. The van der Waals surface area contributed by atoms with Crippen LogP contribution in [0.25, 0.3) is 11.5 Å². The summed E-state index contributed by atoms with van der Waals surface area (Å²) in [6.07, 6.45) is 1.77. The normalized spacial score (nSPS) is 14.3. The van der Waals surface area contributed by atoms with Gasteiger partial charge in [-0.2, -0.15) is 9.44 Å². The summed E-state index contributed by atoms with van der Waals surface area (Å²) in [5.41, 5.74) is 5.30. The summed E-state index contributed by atoms with van der Waals surface area (Å²) < 4.78 is 7.20. The highest BCUT2D eigenvalue weighted by molar-refractivity contribution is 8.11. The summed E-state index contributed by atoms with van der Waals surface area (Å²) in [5.74, 6) is 2.62. The molecule has 204 valence electrons. The van der Waals surface area contributed by atoms with Gasteiger partial charge in [0.1, 0.15) is 11.4 Å². The van der Waals surface area contributed by atoms with E-state index in [0.717, 1.165) is 59.4 Å². The Labute approximate surface area is 229 Å². The van der Waals surface area contributed by atoms with E-state index in [9.17, 15) is 0 Å². The number of aliphatic imine (C=N–C) groups is 1. The molecule has 1 aliphatic rings. The average molecular weight is 539 g/mol. The van der Waals surface area contributed by atoms with Crippen molar-refractivity contribution in [2.75, 3.05) is 18.0 Å². The molecule has 4 rings (SSSR count). The number of pyridine rings is 1. The lowest BCUT2D eigenvalue weighted by molar-refractivity contribution is -0.219. The van der Waals surface area contributed by atoms with Crippen LogP contribution < -0.4 is 4.90 Å². The number of fused-ring (bicyclic) bond motifs is 1. The van der Waals surface area contributed by atoms with E-state index >= 15 is 0 Å². The fourth-order valence-corrected chi connectivity index (χ4v) is 4.68. The van der Waals surface area contributed by atoms with Gasteiger partial charge in [-0.05, 0) is 58.6 Å². The first-order valence-electron chi connectivity index (χ1n) is 13.1. The summed E-state index contributed by atoms with van der Waals surface area (Å²) in [6, 6.07) is 3.98. The molecular formula is C27H38N8O2S. The highest BCUT2D eigenvalue weighted by atomic mass is 32.2. The summed E-state index contributed by atoms with van der Waals surface area (Å²) in [6.45, 7) is 20.5. The smallest absolute Gasteiger partial charge is 0.183 e. The Balaban J connectivity index is 1.77. The number of hydrogen-bond donors (Lipinski definition) is 1. The summed E-state index contributed by atoms with van der Waals surface area (Å²) in [7, 11) is 0. The van der Waals surface area contributed by atoms with Gasteiger partial charge in [0.05, 0.1) is 41.4 Å². The van der Waals surface area contributed by atoms with Gasteiger partial charge in [0.15, 0.2) is 22.5 Å². The third-order valence-electron chi connectivity index (χ3n) is 6.02. The second-order valence-corrected chi connectivity index (χ2v) is 11.1. The zero-order valence-electron chi connectivity index (χ0n) is 23.7. The lowest BCUT2D eigenvalue weighted by atomic mass is 10.1. The maximum atomic E-state index is 5.41. The number of imidazole rings is 2. The summed E-state index contributed by atoms with van der Waals surface area (Å²) in [5, 5.41) is 5.37. The molecule has 0 saturated carbocycles. The summed E-state index contributed by atoms with van der Waals surface area (Å²) >= 11 is 1.02. The Morgan fingerprint density at radius 3 is 2.42 bits per heavy atom. The van der Waals surface area contributed by atoms with Gasteiger partial charge in [0, 0.05) is 18.8 Å². The molecule has 10 nitrogen and oxygen atoms in total. The molecule has 0 aliphatic carbocycles. The molecular weight excluding hydrogens is 500 g/mol. The Morgan fingerprint density at radius 2 is 1.87 bits per heavy atom. The quantitative estimate of drug-likeness (QED) is 0.186. The molecule has 0 unspecified atom stereocenters. The van der Waals surface area contributed by atoms with E-state index in [1.807, 2.05) is 40.0 Å². The molecule has 1 N–H and O–H groups in total. The maximum absolute atomic E-state index is 5.41. The molecule has 3 aromatic heterocycles. The topological polar surface area (TPSA) is 106 Å². The lowest BCUT2D eigenvalue weighted by Gasteiger charge is -2.24. The molecule has 0 amide bonds. The van der Waals surface area contributed by atoms with E-state index in [1.165, 1.54) is 0 Å². The van der Waals surface area contributed by atoms with E-state index in [1.54, 1.807) is 4.68 Å². The Kier molecular flexibility index (Phi) is 8.69. The molecule has 1 aliphatic heterocycles. The van der Waals surface area contributed by atoms with Crippen molar-refractivity contribution in [3.8, 4) is 11.5 Å². The third-order valence-corrected chi connectivity index (χ3v) is 6.60. The molecule has 0 bridgehead atoms. The molecule has 0 aromatic carbocycles. The minimum Gasteiger partial charge on any atom is -0.370 e. The van der Waals surface area contributed by atoms with Crippen molar-refractivity contribution in [1.82, 2.24) is 24.6 Å². The van der Waals surface area contributed by atoms with Gasteiger partial charge in [0.2, 0.25) is 0 Å². The molecule has 0 atom stereocenters. The van der Waals surface area contributed by atoms with Gasteiger partial charge in [0.25, 0.3) is 0 Å². The highest BCUT2D eigenvalue weighted by Crippen LogP contribution is 2.34. The predicted octanol–water partition coefficient (Wildman–Crippen LogP) is 6.19. The monoisotopic (exact) mass is 538 g/mol. The largest absolute Gasteiger partial charge is 0.370 e. The average Bonchev–Trinajstić information content (AvgIpc) is 3.50. The van der Waals surface area contributed by atoms with Gasteiger partial charge in [-0.15, -0.1) is 0 Å². The van der Waals surface area contributed by atoms with Crippen LogP contribution in [-0.2, 0) is 9.22 Å². The molecule has 0 fully saturated rings. The molecule has 11 heteroatoms. The van der Waals surface area contributed by atoms with Crippen molar-refractivity contribution in [2.24, 2.45) is 16.0 Å². The van der Waals surface area contributed by atoms with E-state index in [-0.39, 0.29) is 12.0 Å². The van der Waals surface area contributed by atoms with Crippen LogP contribution in [0.2, 0.25) is 0 Å². The minimum absolute atomic E-state index is 0.0966. The number of aryl methyl sites for hydroxylation is 2. The molecule has 0 saturated heterocycles. The SMILES string of the molecule is CCN(CC(C)C)c1ccc(/N=C2/C(SOOC(C)C)=Nn3c2nc(C(C)C)c3-c2nc(C)c(C)[nH]2)nc1. The summed E-state index contributed by atoms with van der Waals surface area (Å²) in [4.78, 5) is 30.3. The molecule has 4 heterocycles. The molecule has 0 radical (unpaired) electrons. The number of nitrogens with zero attached hydrogens (tertiary/aromatic N) is 7. The Morgan fingerprint density at radius 1 is 1.11 bits per heavy atom. The van der Waals surface area contributed by atoms with Gasteiger partial charge in [-0.1, -0.05) is 27.7 Å². The first-order valence-corrected chi connectivity index (χ1v) is 13.9. The zero-order valence-corrected chi connectivity index (χ0v) is 24.6. The van der Waals surface area contributed by atoms with Crippen LogP contribution in [-0.4, -0.2) is 54.6 Å². The highest BCUT2D eigenvalue weighted by Gasteiger charge is 2.34. The number of rotatable bonds is 10. The van der Waals surface area contributed by atoms with E-state index in [4.69, 9.17) is 29.3 Å². The van der Waals surface area contributed by atoms with Gasteiger partial charge in [-0.3, -0.25) is 0 Å². The van der Waals surface area contributed by atoms with Crippen LogP contribution in [0.4, 0.5) is 11.5 Å². The van der Waals surface area contributed by atoms with Crippen molar-refractivity contribution in [2.45, 2.75) is 74.3 Å². The first-order chi connectivity index (χ1) is 18.1. The van der Waals surface area contributed by atoms with Crippen LogP contribution in [0.1, 0.15) is 77.3 Å². The first kappa shape index (κ1) is 28.0. The lowest BCUT2D eigenvalue weighted by Crippen LogP contribution is -2.27. The van der Waals surface area contributed by atoms with Gasteiger partial charge < -0.3 is 9.88 Å². The van der Waals surface area contributed by atoms with Crippen LogP contribution in [0, 0.1) is 19.8 Å². The second kappa shape index (κ2) is 11.8. The standard InChI is InChI=1S/C27H38N8O2S/c1-10-34(14-15(2)3)20-11-12-21(28-13-20)31-23-26-32-22(16(4)5)24(25-29-18(8)19(9)30-25)35(26)33-27(23)38-37-36-17(6)7/h11-13,15-17H,10,14H2,1-9H3,(H,29,30)/b31-23+. The van der Waals surface area contributed by atoms with E-state index in [0.29, 0.717) is 28.3 Å². The second-order valence-electron chi connectivity index (χ2n) is 10.4. The Hall–Kier alpha value is -3.02. The van der Waals surface area contributed by atoms with E-state index < -0.39 is 0 Å². The number of nitrogens with one attached hydrogen (secondary N) is 1. The number of H-pyrrole nitrogens is 1. The molecule has 3 aromatic rings. The van der Waals surface area contributed by atoms with Gasteiger partial charge in [-0.25, -0.2) is 29.5 Å². The van der Waals surface area contributed by atoms with Crippen LogP contribution in [0.15, 0.2) is 28.4 Å². The molecule has 38 heavy (non-hydrogen) atoms.